The molecule has 1 atom stereocenters. The lowest BCUT2D eigenvalue weighted by atomic mass is 10.2. The SMILES string of the molecule is CCNc1ccc(CN2CCOCC2C)cn1. The fourth-order valence-electron chi connectivity index (χ4n) is 2.03. The third-order valence-electron chi connectivity index (χ3n) is 3.07. The van der Waals surface area contributed by atoms with E-state index in [4.69, 9.17) is 4.74 Å². The minimum Gasteiger partial charge on any atom is -0.379 e. The molecule has 17 heavy (non-hydrogen) atoms. The normalized spacial score (nSPS) is 21.4. The first-order chi connectivity index (χ1) is 8.29. The van der Waals surface area contributed by atoms with Gasteiger partial charge in [0.2, 0.25) is 0 Å². The second-order valence-corrected chi connectivity index (χ2v) is 4.48. The lowest BCUT2D eigenvalue weighted by Gasteiger charge is -2.33. The fourth-order valence-corrected chi connectivity index (χ4v) is 2.03. The standard InChI is InChI=1S/C13H21N3O/c1-3-14-13-5-4-12(8-15-13)9-16-6-7-17-10-11(16)2/h4-5,8,11H,3,6-7,9-10H2,1-2H3,(H,14,15). The Hall–Kier alpha value is -1.13. The van der Waals surface area contributed by atoms with Crippen molar-refractivity contribution in [1.82, 2.24) is 9.88 Å². The maximum Gasteiger partial charge on any atom is 0.125 e. The van der Waals surface area contributed by atoms with Crippen LogP contribution in [0.25, 0.3) is 0 Å². The molecule has 0 aliphatic carbocycles. The van der Waals surface area contributed by atoms with Crippen LogP contribution in [-0.2, 0) is 11.3 Å². The van der Waals surface area contributed by atoms with E-state index in [1.54, 1.807) is 0 Å². The van der Waals surface area contributed by atoms with Gasteiger partial charge in [-0.2, -0.15) is 0 Å². The largest absolute Gasteiger partial charge is 0.379 e. The molecular formula is C13H21N3O. The molecule has 4 heteroatoms. The van der Waals surface area contributed by atoms with Crippen LogP contribution in [0, 0.1) is 0 Å². The second-order valence-electron chi connectivity index (χ2n) is 4.48. The molecule has 1 aromatic heterocycles. The van der Waals surface area contributed by atoms with Gasteiger partial charge in [0.25, 0.3) is 0 Å². The first-order valence-corrected chi connectivity index (χ1v) is 6.30. The summed E-state index contributed by atoms with van der Waals surface area (Å²) in [5, 5.41) is 3.20. The fraction of sp³-hybridized carbons (Fsp3) is 0.615. The molecule has 1 N–H and O–H groups in total. The van der Waals surface area contributed by atoms with Crippen molar-refractivity contribution < 1.29 is 4.74 Å². The van der Waals surface area contributed by atoms with E-state index < -0.39 is 0 Å². The Kier molecular flexibility index (Phi) is 4.34. The van der Waals surface area contributed by atoms with E-state index in [2.05, 4.69) is 35.1 Å². The second kappa shape index (κ2) is 5.98. The van der Waals surface area contributed by atoms with Crippen molar-refractivity contribution in [3.8, 4) is 0 Å². The Labute approximate surface area is 103 Å². The number of pyridine rings is 1. The summed E-state index contributed by atoms with van der Waals surface area (Å²) in [5.41, 5.74) is 1.26. The summed E-state index contributed by atoms with van der Waals surface area (Å²) in [5.74, 6) is 0.950. The molecule has 0 saturated carbocycles. The highest BCUT2D eigenvalue weighted by Gasteiger charge is 2.18. The predicted octanol–water partition coefficient (Wildman–Crippen LogP) is 1.73. The van der Waals surface area contributed by atoms with Crippen molar-refractivity contribution in [2.75, 3.05) is 31.6 Å². The van der Waals surface area contributed by atoms with Crippen molar-refractivity contribution >= 4 is 5.82 Å². The van der Waals surface area contributed by atoms with Crippen LogP contribution >= 0.6 is 0 Å². The number of nitrogens with zero attached hydrogens (tertiary/aromatic N) is 2. The van der Waals surface area contributed by atoms with Gasteiger partial charge >= 0.3 is 0 Å². The van der Waals surface area contributed by atoms with Crippen LogP contribution in [-0.4, -0.2) is 42.2 Å². The van der Waals surface area contributed by atoms with Gasteiger partial charge in [-0.3, -0.25) is 4.90 Å². The van der Waals surface area contributed by atoms with E-state index in [1.165, 1.54) is 5.56 Å². The van der Waals surface area contributed by atoms with Crippen molar-refractivity contribution in [2.45, 2.75) is 26.4 Å². The van der Waals surface area contributed by atoms with Gasteiger partial charge in [-0.25, -0.2) is 4.98 Å². The van der Waals surface area contributed by atoms with E-state index in [0.717, 1.165) is 38.7 Å². The third kappa shape index (κ3) is 3.41. The van der Waals surface area contributed by atoms with Gasteiger partial charge < -0.3 is 10.1 Å². The molecule has 4 nitrogen and oxygen atoms in total. The maximum absolute atomic E-state index is 5.43. The van der Waals surface area contributed by atoms with Crippen LogP contribution in [0.1, 0.15) is 19.4 Å². The number of morpholine rings is 1. The summed E-state index contributed by atoms with van der Waals surface area (Å²) < 4.78 is 5.43. The minimum atomic E-state index is 0.497. The van der Waals surface area contributed by atoms with Gasteiger partial charge in [-0.05, 0) is 25.5 Å². The topological polar surface area (TPSA) is 37.4 Å². The highest BCUT2D eigenvalue weighted by Crippen LogP contribution is 2.12. The van der Waals surface area contributed by atoms with Crippen LogP contribution in [0.5, 0.6) is 0 Å². The lowest BCUT2D eigenvalue weighted by molar-refractivity contribution is -0.00440. The molecular weight excluding hydrogens is 214 g/mol. The Morgan fingerprint density at radius 1 is 1.53 bits per heavy atom. The van der Waals surface area contributed by atoms with Gasteiger partial charge in [0, 0.05) is 31.9 Å². The quantitative estimate of drug-likeness (QED) is 0.862. The monoisotopic (exact) mass is 235 g/mol. The molecule has 0 bridgehead atoms. The minimum absolute atomic E-state index is 0.497. The number of hydrogen-bond acceptors (Lipinski definition) is 4. The van der Waals surface area contributed by atoms with Crippen LogP contribution in [0.3, 0.4) is 0 Å². The van der Waals surface area contributed by atoms with Crippen molar-refractivity contribution in [3.05, 3.63) is 23.9 Å². The van der Waals surface area contributed by atoms with Crippen molar-refractivity contribution in [3.63, 3.8) is 0 Å². The molecule has 1 fully saturated rings. The zero-order valence-corrected chi connectivity index (χ0v) is 10.6. The Morgan fingerprint density at radius 2 is 2.41 bits per heavy atom. The van der Waals surface area contributed by atoms with E-state index in [9.17, 15) is 0 Å². The average Bonchev–Trinajstić information content (AvgIpc) is 2.35. The number of hydrogen-bond donors (Lipinski definition) is 1. The number of nitrogens with one attached hydrogen (secondary N) is 1. The highest BCUT2D eigenvalue weighted by atomic mass is 16.5. The van der Waals surface area contributed by atoms with Crippen molar-refractivity contribution in [1.29, 1.82) is 0 Å². The molecule has 1 aliphatic rings. The van der Waals surface area contributed by atoms with Crippen molar-refractivity contribution in [2.24, 2.45) is 0 Å². The molecule has 1 aliphatic heterocycles. The molecule has 2 heterocycles. The zero-order valence-electron chi connectivity index (χ0n) is 10.6. The van der Waals surface area contributed by atoms with Crippen LogP contribution in [0.15, 0.2) is 18.3 Å². The van der Waals surface area contributed by atoms with E-state index in [-0.39, 0.29) is 0 Å². The molecule has 1 unspecified atom stereocenters. The van der Waals surface area contributed by atoms with Gasteiger partial charge in [0.15, 0.2) is 0 Å². The summed E-state index contributed by atoms with van der Waals surface area (Å²) >= 11 is 0. The smallest absolute Gasteiger partial charge is 0.125 e. The molecule has 94 valence electrons. The summed E-state index contributed by atoms with van der Waals surface area (Å²) in [4.78, 5) is 6.83. The Bertz CT molecular complexity index is 339. The van der Waals surface area contributed by atoms with Crippen LogP contribution in [0.4, 0.5) is 5.82 Å². The summed E-state index contributed by atoms with van der Waals surface area (Å²) in [6.07, 6.45) is 1.96. The molecule has 0 amide bonds. The summed E-state index contributed by atoms with van der Waals surface area (Å²) in [6, 6.07) is 4.69. The first kappa shape index (κ1) is 12.3. The molecule has 0 aromatic carbocycles. The maximum atomic E-state index is 5.43. The highest BCUT2D eigenvalue weighted by molar-refractivity contribution is 5.35. The third-order valence-corrected chi connectivity index (χ3v) is 3.07. The van der Waals surface area contributed by atoms with Crippen LogP contribution < -0.4 is 5.32 Å². The Balaban J connectivity index is 1.93. The number of aromatic nitrogens is 1. The zero-order chi connectivity index (χ0) is 12.1. The van der Waals surface area contributed by atoms with E-state index in [0.29, 0.717) is 6.04 Å². The lowest BCUT2D eigenvalue weighted by Crippen LogP contribution is -2.42. The Morgan fingerprint density at radius 3 is 3.06 bits per heavy atom. The van der Waals surface area contributed by atoms with E-state index >= 15 is 0 Å². The van der Waals surface area contributed by atoms with Gasteiger partial charge in [-0.1, -0.05) is 6.07 Å². The van der Waals surface area contributed by atoms with Gasteiger partial charge in [0.05, 0.1) is 13.2 Å². The molecule has 2 rings (SSSR count). The van der Waals surface area contributed by atoms with Gasteiger partial charge in [0.1, 0.15) is 5.82 Å². The number of ether oxygens (including phenoxy) is 1. The predicted molar refractivity (Wildman–Crippen MR) is 69.1 cm³/mol. The first-order valence-electron chi connectivity index (χ1n) is 6.30. The van der Waals surface area contributed by atoms with Gasteiger partial charge in [-0.15, -0.1) is 0 Å². The molecule has 0 radical (unpaired) electrons. The average molecular weight is 235 g/mol. The number of anilines is 1. The summed E-state index contributed by atoms with van der Waals surface area (Å²) in [7, 11) is 0. The molecule has 0 spiro atoms. The molecule has 1 saturated heterocycles. The van der Waals surface area contributed by atoms with Crippen LogP contribution in [0.2, 0.25) is 0 Å². The van der Waals surface area contributed by atoms with E-state index in [1.807, 2.05) is 12.3 Å². The number of rotatable bonds is 4. The molecule has 1 aromatic rings. The summed E-state index contributed by atoms with van der Waals surface area (Å²) in [6.45, 7) is 8.84.